The average molecular weight is 237 g/mol. The van der Waals surface area contributed by atoms with Crippen molar-refractivity contribution in [3.8, 4) is 0 Å². The normalized spacial score (nSPS) is 10.7. The second-order valence-corrected chi connectivity index (χ2v) is 3.34. The number of hydrogen-bond donors (Lipinski definition) is 3. The Kier molecular flexibility index (Phi) is 4.41. The van der Waals surface area contributed by atoms with Crippen molar-refractivity contribution in [2.45, 2.75) is 6.92 Å². The summed E-state index contributed by atoms with van der Waals surface area (Å²) in [6.45, 7) is 1.38. The smallest absolute Gasteiger partial charge is 0.351 e. The third kappa shape index (κ3) is 4.05. The molecule has 1 aromatic carbocycles. The Labute approximate surface area is 98.2 Å². The molecule has 0 saturated carbocycles. The molecule has 3 N–H and O–H groups in total. The van der Waals surface area contributed by atoms with E-state index in [1.807, 2.05) is 30.3 Å². The molecule has 84 valence electrons. The van der Waals surface area contributed by atoms with Gasteiger partial charge >= 0.3 is 5.97 Å². The molecule has 0 amide bonds. The van der Waals surface area contributed by atoms with Crippen molar-refractivity contribution in [2.24, 2.45) is 5.10 Å². The summed E-state index contributed by atoms with van der Waals surface area (Å²) in [6.07, 6.45) is 0. The van der Waals surface area contributed by atoms with Crippen LogP contribution in [0.25, 0.3) is 0 Å². The van der Waals surface area contributed by atoms with E-state index in [4.69, 9.17) is 17.3 Å². The number of benzene rings is 1. The third-order valence-corrected chi connectivity index (χ3v) is 1.86. The molecule has 1 rings (SSSR count). The fourth-order valence-corrected chi connectivity index (χ4v) is 1.03. The minimum absolute atomic E-state index is 0.0581. The van der Waals surface area contributed by atoms with E-state index in [0.717, 1.165) is 5.69 Å². The molecule has 6 heteroatoms. The van der Waals surface area contributed by atoms with Gasteiger partial charge in [-0.25, -0.2) is 4.79 Å². The van der Waals surface area contributed by atoms with Gasteiger partial charge in [-0.2, -0.15) is 5.10 Å². The van der Waals surface area contributed by atoms with Crippen LogP contribution in [0, 0.1) is 0 Å². The Bertz CT molecular complexity index is 417. The first kappa shape index (κ1) is 12.1. The maximum atomic E-state index is 10.4. The summed E-state index contributed by atoms with van der Waals surface area (Å²) in [6, 6.07) is 9.27. The predicted molar refractivity (Wildman–Crippen MR) is 66.5 cm³/mol. The maximum absolute atomic E-state index is 10.4. The summed E-state index contributed by atoms with van der Waals surface area (Å²) in [4.78, 5) is 10.4. The number of para-hydroxylation sites is 1. The summed E-state index contributed by atoms with van der Waals surface area (Å²) in [5.74, 6) is -1.09. The van der Waals surface area contributed by atoms with Gasteiger partial charge in [0, 0.05) is 5.69 Å². The molecule has 5 nitrogen and oxygen atoms in total. The second-order valence-electron chi connectivity index (χ2n) is 2.93. The van der Waals surface area contributed by atoms with Crippen LogP contribution in [0.1, 0.15) is 6.92 Å². The summed E-state index contributed by atoms with van der Waals surface area (Å²) in [7, 11) is 0. The molecule has 0 unspecified atom stereocenters. The topological polar surface area (TPSA) is 73.7 Å². The zero-order valence-corrected chi connectivity index (χ0v) is 9.41. The van der Waals surface area contributed by atoms with E-state index >= 15 is 0 Å². The van der Waals surface area contributed by atoms with Crippen molar-refractivity contribution in [3.05, 3.63) is 30.3 Å². The van der Waals surface area contributed by atoms with Gasteiger partial charge in [0.1, 0.15) is 5.71 Å². The van der Waals surface area contributed by atoms with Crippen LogP contribution >= 0.6 is 12.2 Å². The van der Waals surface area contributed by atoms with E-state index < -0.39 is 5.97 Å². The standard InChI is InChI=1S/C10H11N3O2S/c1-7(9(14)15)12-13-10(16)11-8-5-3-2-4-6-8/h2-6H,1H3,(H,14,15)(H2,11,13,16). The molecule has 1 aromatic rings. The highest BCUT2D eigenvalue weighted by Crippen LogP contribution is 2.04. The van der Waals surface area contributed by atoms with Crippen LogP contribution in [-0.2, 0) is 4.79 Å². The van der Waals surface area contributed by atoms with Crippen molar-refractivity contribution in [1.29, 1.82) is 0 Å². The number of hydrogen-bond acceptors (Lipinski definition) is 3. The monoisotopic (exact) mass is 237 g/mol. The van der Waals surface area contributed by atoms with Crippen molar-refractivity contribution in [1.82, 2.24) is 5.43 Å². The van der Waals surface area contributed by atoms with Crippen molar-refractivity contribution in [2.75, 3.05) is 5.32 Å². The number of hydrazone groups is 1. The van der Waals surface area contributed by atoms with Crippen molar-refractivity contribution >= 4 is 34.7 Å². The van der Waals surface area contributed by atoms with E-state index in [1.54, 1.807) is 0 Å². The zero-order chi connectivity index (χ0) is 12.0. The molecule has 0 aromatic heterocycles. The van der Waals surface area contributed by atoms with Gasteiger partial charge < -0.3 is 10.4 Å². The summed E-state index contributed by atoms with van der Waals surface area (Å²) < 4.78 is 0. The number of anilines is 1. The fourth-order valence-electron chi connectivity index (χ4n) is 0.863. The molecule has 0 aliphatic rings. The first-order valence-electron chi connectivity index (χ1n) is 4.49. The minimum atomic E-state index is -1.09. The van der Waals surface area contributed by atoms with Crippen molar-refractivity contribution < 1.29 is 9.90 Å². The van der Waals surface area contributed by atoms with E-state index in [1.165, 1.54) is 6.92 Å². The zero-order valence-electron chi connectivity index (χ0n) is 8.60. The number of carbonyl (C=O) groups is 1. The lowest BCUT2D eigenvalue weighted by Crippen LogP contribution is -2.26. The minimum Gasteiger partial charge on any atom is -0.477 e. The lowest BCUT2D eigenvalue weighted by molar-refractivity contribution is -0.129. The van der Waals surface area contributed by atoms with Gasteiger partial charge in [-0.1, -0.05) is 18.2 Å². The molecule has 0 saturated heterocycles. The summed E-state index contributed by atoms with van der Waals surface area (Å²) in [5.41, 5.74) is 3.19. The van der Waals surface area contributed by atoms with Gasteiger partial charge in [-0.3, -0.25) is 5.43 Å². The van der Waals surface area contributed by atoms with E-state index in [2.05, 4.69) is 15.8 Å². The van der Waals surface area contributed by atoms with Crippen LogP contribution in [0.2, 0.25) is 0 Å². The van der Waals surface area contributed by atoms with Crippen LogP contribution in [0.4, 0.5) is 5.69 Å². The molecule has 0 spiro atoms. The third-order valence-electron chi connectivity index (χ3n) is 1.67. The van der Waals surface area contributed by atoms with Gasteiger partial charge in [-0.05, 0) is 31.3 Å². The number of rotatable bonds is 3. The quantitative estimate of drug-likeness (QED) is 0.421. The fraction of sp³-hybridized carbons (Fsp3) is 0.100. The highest BCUT2D eigenvalue weighted by molar-refractivity contribution is 7.80. The van der Waals surface area contributed by atoms with Gasteiger partial charge in [0.25, 0.3) is 0 Å². The lowest BCUT2D eigenvalue weighted by Gasteiger charge is -2.06. The molecule has 0 bridgehead atoms. The Morgan fingerprint density at radius 2 is 2.00 bits per heavy atom. The molecule has 0 aliphatic heterocycles. The molecule has 0 fully saturated rings. The number of carboxylic acids is 1. The second kappa shape index (κ2) is 5.82. The van der Waals surface area contributed by atoms with Gasteiger partial charge in [0.15, 0.2) is 5.11 Å². The largest absolute Gasteiger partial charge is 0.477 e. The Morgan fingerprint density at radius 1 is 1.38 bits per heavy atom. The molecule has 0 radical (unpaired) electrons. The van der Waals surface area contributed by atoms with Crippen LogP contribution < -0.4 is 10.7 Å². The average Bonchev–Trinajstić information content (AvgIpc) is 2.27. The first-order valence-corrected chi connectivity index (χ1v) is 4.90. The molecular weight excluding hydrogens is 226 g/mol. The Hall–Kier alpha value is -1.95. The molecule has 0 aliphatic carbocycles. The Morgan fingerprint density at radius 3 is 2.56 bits per heavy atom. The Balaban J connectivity index is 2.49. The summed E-state index contributed by atoms with van der Waals surface area (Å²) >= 11 is 4.92. The number of nitrogens with zero attached hydrogens (tertiary/aromatic N) is 1. The molecular formula is C10H11N3O2S. The number of carboxylic acid groups (broad SMARTS) is 1. The number of aliphatic carboxylic acids is 1. The van der Waals surface area contributed by atoms with Crippen LogP contribution in [0.15, 0.2) is 35.4 Å². The van der Waals surface area contributed by atoms with Crippen LogP contribution in [0.3, 0.4) is 0 Å². The van der Waals surface area contributed by atoms with E-state index in [0.29, 0.717) is 0 Å². The molecule has 16 heavy (non-hydrogen) atoms. The molecule has 0 atom stereocenters. The van der Waals surface area contributed by atoms with Gasteiger partial charge in [0.05, 0.1) is 0 Å². The predicted octanol–water partition coefficient (Wildman–Crippen LogP) is 1.43. The van der Waals surface area contributed by atoms with E-state index in [9.17, 15) is 4.79 Å². The maximum Gasteiger partial charge on any atom is 0.351 e. The highest BCUT2D eigenvalue weighted by Gasteiger charge is 2.01. The summed E-state index contributed by atoms with van der Waals surface area (Å²) in [5, 5.41) is 15.2. The van der Waals surface area contributed by atoms with Gasteiger partial charge in [0.2, 0.25) is 0 Å². The van der Waals surface area contributed by atoms with Crippen LogP contribution in [0.5, 0.6) is 0 Å². The van der Waals surface area contributed by atoms with E-state index in [-0.39, 0.29) is 10.8 Å². The highest BCUT2D eigenvalue weighted by atomic mass is 32.1. The first-order chi connectivity index (χ1) is 7.59. The van der Waals surface area contributed by atoms with Gasteiger partial charge in [-0.15, -0.1) is 0 Å². The molecule has 0 heterocycles. The lowest BCUT2D eigenvalue weighted by atomic mass is 10.3. The van der Waals surface area contributed by atoms with Crippen LogP contribution in [-0.4, -0.2) is 21.9 Å². The van der Waals surface area contributed by atoms with Crippen molar-refractivity contribution in [3.63, 3.8) is 0 Å². The number of thiocarbonyl (C=S) groups is 1. The number of nitrogens with one attached hydrogen (secondary N) is 2. The SMILES string of the molecule is CC(=NNC(=S)Nc1ccccc1)C(=O)O.